The van der Waals surface area contributed by atoms with Gasteiger partial charge in [-0.2, -0.15) is 5.26 Å². The second-order valence-corrected chi connectivity index (χ2v) is 6.30. The summed E-state index contributed by atoms with van der Waals surface area (Å²) in [6.07, 6.45) is 1.55. The zero-order valence-electron chi connectivity index (χ0n) is 15.2. The molecule has 26 heavy (non-hydrogen) atoms. The van der Waals surface area contributed by atoms with E-state index in [2.05, 4.69) is 23.7 Å². The average Bonchev–Trinajstić information content (AvgIpc) is 2.86. The molecule has 1 aromatic carbocycles. The van der Waals surface area contributed by atoms with Gasteiger partial charge in [0.15, 0.2) is 0 Å². The van der Waals surface area contributed by atoms with E-state index >= 15 is 0 Å². The zero-order chi connectivity index (χ0) is 19.4. The molecule has 0 unspecified atom stereocenters. The number of rotatable bonds is 5. The maximum Gasteiger partial charge on any atom is 0.335 e. The van der Waals surface area contributed by atoms with E-state index in [1.165, 1.54) is 18.2 Å². The van der Waals surface area contributed by atoms with Gasteiger partial charge < -0.3 is 15.0 Å². The summed E-state index contributed by atoms with van der Waals surface area (Å²) in [4.78, 5) is 23.4. The van der Waals surface area contributed by atoms with Crippen LogP contribution in [0.3, 0.4) is 0 Å². The first-order valence-electron chi connectivity index (χ1n) is 8.19. The third-order valence-electron chi connectivity index (χ3n) is 4.07. The molecular weight excluding hydrogens is 330 g/mol. The van der Waals surface area contributed by atoms with Crippen LogP contribution in [0.4, 0.5) is 5.69 Å². The fraction of sp³-hybridized carbons (Fsp3) is 0.250. The molecule has 1 heterocycles. The van der Waals surface area contributed by atoms with Crippen LogP contribution in [0.25, 0.3) is 6.08 Å². The van der Waals surface area contributed by atoms with E-state index in [0.717, 1.165) is 17.0 Å². The van der Waals surface area contributed by atoms with Crippen molar-refractivity contribution < 1.29 is 14.7 Å². The molecule has 0 fully saturated rings. The molecule has 0 bridgehead atoms. The minimum atomic E-state index is -1.08. The Labute approximate surface area is 152 Å². The number of aromatic nitrogens is 1. The van der Waals surface area contributed by atoms with Gasteiger partial charge in [-0.05, 0) is 63.6 Å². The molecule has 6 nitrogen and oxygen atoms in total. The Bertz CT molecular complexity index is 930. The molecule has 0 aliphatic carbocycles. The quantitative estimate of drug-likeness (QED) is 0.630. The summed E-state index contributed by atoms with van der Waals surface area (Å²) in [5.41, 5.74) is 3.17. The van der Waals surface area contributed by atoms with Gasteiger partial charge in [0.25, 0.3) is 5.91 Å². The number of carboxylic acid groups (broad SMARTS) is 1. The van der Waals surface area contributed by atoms with Gasteiger partial charge in [0.2, 0.25) is 0 Å². The number of carbonyl (C=O) groups is 2. The minimum Gasteiger partial charge on any atom is -0.478 e. The number of amides is 1. The normalized spacial score (nSPS) is 11.3. The molecule has 0 spiro atoms. The zero-order valence-corrected chi connectivity index (χ0v) is 15.2. The summed E-state index contributed by atoms with van der Waals surface area (Å²) >= 11 is 0. The number of benzene rings is 1. The first-order chi connectivity index (χ1) is 12.2. The standard InChI is InChI=1S/C20H21N3O3/c1-12(2)23-13(3)8-16(14(23)4)9-17(11-21)19(24)22-18-7-5-6-15(10-18)20(25)26/h5-10,12H,1-4H3,(H,22,24)(H,25,26)/b17-9-. The summed E-state index contributed by atoms with van der Waals surface area (Å²) in [6.45, 7) is 8.07. The highest BCUT2D eigenvalue weighted by Crippen LogP contribution is 2.22. The molecule has 0 saturated heterocycles. The van der Waals surface area contributed by atoms with Crippen molar-refractivity contribution in [2.24, 2.45) is 0 Å². The molecule has 134 valence electrons. The molecule has 0 saturated carbocycles. The summed E-state index contributed by atoms with van der Waals surface area (Å²) < 4.78 is 2.13. The fourth-order valence-corrected chi connectivity index (χ4v) is 2.98. The maximum absolute atomic E-state index is 12.4. The van der Waals surface area contributed by atoms with Crippen molar-refractivity contribution in [2.75, 3.05) is 5.32 Å². The number of hydrogen-bond donors (Lipinski definition) is 2. The van der Waals surface area contributed by atoms with Gasteiger partial charge >= 0.3 is 5.97 Å². The van der Waals surface area contributed by atoms with Crippen LogP contribution < -0.4 is 5.32 Å². The van der Waals surface area contributed by atoms with Crippen LogP contribution in [-0.2, 0) is 4.79 Å². The Balaban J connectivity index is 2.31. The number of aryl methyl sites for hydroxylation is 1. The average molecular weight is 351 g/mol. The van der Waals surface area contributed by atoms with Gasteiger partial charge in [-0.15, -0.1) is 0 Å². The number of nitrogens with one attached hydrogen (secondary N) is 1. The van der Waals surface area contributed by atoms with E-state index in [9.17, 15) is 14.9 Å². The number of nitriles is 1. The Morgan fingerprint density at radius 2 is 1.96 bits per heavy atom. The summed E-state index contributed by atoms with van der Waals surface area (Å²) in [6, 6.07) is 10.0. The summed E-state index contributed by atoms with van der Waals surface area (Å²) in [5.74, 6) is -1.66. The number of carboxylic acids is 1. The monoisotopic (exact) mass is 351 g/mol. The molecule has 2 rings (SSSR count). The van der Waals surface area contributed by atoms with Crippen molar-refractivity contribution >= 4 is 23.6 Å². The number of hydrogen-bond acceptors (Lipinski definition) is 3. The third-order valence-corrected chi connectivity index (χ3v) is 4.07. The lowest BCUT2D eigenvalue weighted by atomic mass is 10.1. The van der Waals surface area contributed by atoms with E-state index < -0.39 is 11.9 Å². The van der Waals surface area contributed by atoms with Gasteiger partial charge in [0.05, 0.1) is 5.56 Å². The summed E-state index contributed by atoms with van der Waals surface area (Å²) in [7, 11) is 0. The molecule has 0 atom stereocenters. The highest BCUT2D eigenvalue weighted by atomic mass is 16.4. The highest BCUT2D eigenvalue weighted by molar-refractivity contribution is 6.10. The lowest BCUT2D eigenvalue weighted by Gasteiger charge is -2.13. The highest BCUT2D eigenvalue weighted by Gasteiger charge is 2.14. The van der Waals surface area contributed by atoms with Crippen LogP contribution >= 0.6 is 0 Å². The van der Waals surface area contributed by atoms with E-state index in [1.807, 2.05) is 26.0 Å². The van der Waals surface area contributed by atoms with Crippen LogP contribution in [0.1, 0.15) is 47.2 Å². The van der Waals surface area contributed by atoms with Crippen molar-refractivity contribution in [1.82, 2.24) is 4.57 Å². The van der Waals surface area contributed by atoms with Gasteiger partial charge in [-0.25, -0.2) is 4.79 Å². The summed E-state index contributed by atoms with van der Waals surface area (Å²) in [5, 5.41) is 21.0. The van der Waals surface area contributed by atoms with Crippen molar-refractivity contribution in [3.8, 4) is 6.07 Å². The molecule has 0 aliphatic heterocycles. The molecule has 1 aromatic heterocycles. The topological polar surface area (TPSA) is 95.1 Å². The first-order valence-corrected chi connectivity index (χ1v) is 8.19. The predicted molar refractivity (Wildman–Crippen MR) is 99.9 cm³/mol. The second-order valence-electron chi connectivity index (χ2n) is 6.30. The fourth-order valence-electron chi connectivity index (χ4n) is 2.98. The lowest BCUT2D eigenvalue weighted by Crippen LogP contribution is -2.14. The SMILES string of the molecule is Cc1cc(/C=C(/C#N)C(=O)Nc2cccc(C(=O)O)c2)c(C)n1C(C)C. The van der Waals surface area contributed by atoms with E-state index in [0.29, 0.717) is 5.69 Å². The van der Waals surface area contributed by atoms with Crippen LogP contribution in [0.5, 0.6) is 0 Å². The van der Waals surface area contributed by atoms with E-state index in [4.69, 9.17) is 5.11 Å². The van der Waals surface area contributed by atoms with Gasteiger partial charge in [0.1, 0.15) is 11.6 Å². The molecule has 2 N–H and O–H groups in total. The molecular formula is C20H21N3O3. The van der Waals surface area contributed by atoms with Crippen LogP contribution in [-0.4, -0.2) is 21.6 Å². The smallest absolute Gasteiger partial charge is 0.335 e. The molecule has 0 radical (unpaired) electrons. The van der Waals surface area contributed by atoms with E-state index in [-0.39, 0.29) is 17.2 Å². The third kappa shape index (κ3) is 4.01. The van der Waals surface area contributed by atoms with Gasteiger partial charge in [-0.3, -0.25) is 4.79 Å². The minimum absolute atomic E-state index is 0.0465. The van der Waals surface area contributed by atoms with Crippen molar-refractivity contribution in [2.45, 2.75) is 33.7 Å². The molecule has 0 aliphatic rings. The van der Waals surface area contributed by atoms with Crippen molar-refractivity contribution in [1.29, 1.82) is 5.26 Å². The lowest BCUT2D eigenvalue weighted by molar-refractivity contribution is -0.112. The first kappa shape index (κ1) is 19.0. The number of carbonyl (C=O) groups excluding carboxylic acids is 1. The molecule has 2 aromatic rings. The van der Waals surface area contributed by atoms with Crippen LogP contribution in [0.15, 0.2) is 35.9 Å². The second kappa shape index (κ2) is 7.70. The molecule has 1 amide bonds. The largest absolute Gasteiger partial charge is 0.478 e. The Hall–Kier alpha value is -3.33. The number of nitrogens with zero attached hydrogens (tertiary/aromatic N) is 2. The van der Waals surface area contributed by atoms with Crippen molar-refractivity contribution in [3.63, 3.8) is 0 Å². The van der Waals surface area contributed by atoms with E-state index in [1.54, 1.807) is 12.1 Å². The van der Waals surface area contributed by atoms with Crippen LogP contribution in [0.2, 0.25) is 0 Å². The molecule has 6 heteroatoms. The Morgan fingerprint density at radius 1 is 1.27 bits per heavy atom. The Morgan fingerprint density at radius 3 is 2.50 bits per heavy atom. The van der Waals surface area contributed by atoms with Crippen molar-refractivity contribution in [3.05, 3.63) is 58.4 Å². The van der Waals surface area contributed by atoms with Gasteiger partial charge in [0, 0.05) is 23.1 Å². The van der Waals surface area contributed by atoms with Crippen LogP contribution in [0, 0.1) is 25.2 Å². The number of aromatic carboxylic acids is 1. The predicted octanol–water partition coefficient (Wildman–Crippen LogP) is 3.93. The maximum atomic E-state index is 12.4. The Kier molecular flexibility index (Phi) is 5.63. The number of anilines is 1. The van der Waals surface area contributed by atoms with Gasteiger partial charge in [-0.1, -0.05) is 6.07 Å².